The van der Waals surface area contributed by atoms with E-state index in [2.05, 4.69) is 15.3 Å². The molecule has 1 aromatic rings. The Labute approximate surface area is 122 Å². The van der Waals surface area contributed by atoms with E-state index in [0.29, 0.717) is 50.9 Å². The van der Waals surface area contributed by atoms with Gasteiger partial charge < -0.3 is 20.7 Å². The first-order valence-electron chi connectivity index (χ1n) is 6.39. The lowest BCUT2D eigenvalue weighted by Gasteiger charge is -2.26. The summed E-state index contributed by atoms with van der Waals surface area (Å²) in [5, 5.41) is 2.99. The van der Waals surface area contributed by atoms with E-state index in [4.69, 9.17) is 22.7 Å². The number of hydrogen-bond donors (Lipinski definition) is 2. The molecule has 1 aromatic heterocycles. The molecule has 20 heavy (non-hydrogen) atoms. The molecule has 0 aliphatic carbocycles. The molecule has 108 valence electrons. The zero-order valence-corrected chi connectivity index (χ0v) is 11.9. The van der Waals surface area contributed by atoms with Gasteiger partial charge in [0.15, 0.2) is 0 Å². The van der Waals surface area contributed by atoms with Crippen molar-refractivity contribution >= 4 is 29.1 Å². The van der Waals surface area contributed by atoms with Crippen LogP contribution in [0.15, 0.2) is 12.3 Å². The van der Waals surface area contributed by atoms with Crippen LogP contribution >= 0.6 is 12.2 Å². The molecule has 0 unspecified atom stereocenters. The molecule has 0 atom stereocenters. The van der Waals surface area contributed by atoms with Crippen molar-refractivity contribution < 1.29 is 9.53 Å². The summed E-state index contributed by atoms with van der Waals surface area (Å²) in [4.78, 5) is 22.1. The fraction of sp³-hybridized carbons (Fsp3) is 0.500. The predicted octanol–water partition coefficient (Wildman–Crippen LogP) is -0.228. The lowest BCUT2D eigenvalue weighted by molar-refractivity contribution is -0.134. The molecule has 0 aromatic carbocycles. The molecular weight excluding hydrogens is 278 g/mol. The van der Waals surface area contributed by atoms with Gasteiger partial charge >= 0.3 is 0 Å². The first kappa shape index (κ1) is 14.6. The number of nitrogens with one attached hydrogen (secondary N) is 1. The van der Waals surface area contributed by atoms with Crippen LogP contribution in [0.3, 0.4) is 0 Å². The summed E-state index contributed by atoms with van der Waals surface area (Å²) in [5.74, 6) is 0.524. The maximum Gasteiger partial charge on any atom is 0.224 e. The van der Waals surface area contributed by atoms with Crippen molar-refractivity contribution in [3.05, 3.63) is 18.0 Å². The summed E-state index contributed by atoms with van der Waals surface area (Å²) in [6, 6.07) is 1.65. The smallest absolute Gasteiger partial charge is 0.224 e. The van der Waals surface area contributed by atoms with Gasteiger partial charge in [-0.15, -0.1) is 0 Å². The van der Waals surface area contributed by atoms with E-state index in [1.807, 2.05) is 0 Å². The molecule has 1 amide bonds. The Bertz CT molecular complexity index is 490. The molecular formula is C12H17N5O2S. The molecule has 8 heteroatoms. The molecule has 0 spiro atoms. The monoisotopic (exact) mass is 295 g/mol. The minimum Gasteiger partial charge on any atom is -0.388 e. The highest BCUT2D eigenvalue weighted by atomic mass is 32.1. The molecule has 2 rings (SSSR count). The molecule has 2 heterocycles. The highest BCUT2D eigenvalue weighted by molar-refractivity contribution is 7.80. The van der Waals surface area contributed by atoms with Crippen LogP contribution in [0.5, 0.6) is 0 Å². The van der Waals surface area contributed by atoms with Crippen molar-refractivity contribution in [3.8, 4) is 0 Å². The number of nitrogens with zero attached hydrogens (tertiary/aromatic N) is 3. The van der Waals surface area contributed by atoms with Crippen LogP contribution in [-0.4, -0.2) is 58.6 Å². The first-order chi connectivity index (χ1) is 9.66. The molecule has 1 aliphatic heterocycles. The number of amides is 1. The molecule has 0 saturated carbocycles. The second-order valence-electron chi connectivity index (χ2n) is 4.30. The Morgan fingerprint density at radius 1 is 1.50 bits per heavy atom. The number of hydrogen-bond acceptors (Lipinski definition) is 6. The van der Waals surface area contributed by atoms with Gasteiger partial charge in [0.1, 0.15) is 10.7 Å². The van der Waals surface area contributed by atoms with E-state index in [-0.39, 0.29) is 10.9 Å². The summed E-state index contributed by atoms with van der Waals surface area (Å²) >= 11 is 4.85. The number of ether oxygens (including phenoxy) is 1. The number of nitrogens with two attached hydrogens (primary N) is 1. The van der Waals surface area contributed by atoms with E-state index in [9.17, 15) is 4.79 Å². The zero-order chi connectivity index (χ0) is 14.4. The standard InChI is InChI=1S/C12H17N5O2S/c13-11(20)9-1-3-14-12(16-9)15-4-2-10(18)17-5-7-19-8-6-17/h1,3H,2,4-8H2,(H2,13,20)(H,14,15,16). The van der Waals surface area contributed by atoms with Crippen LogP contribution < -0.4 is 11.1 Å². The second kappa shape index (κ2) is 7.11. The number of carbonyl (C=O) groups excluding carboxylic acids is 1. The Kier molecular flexibility index (Phi) is 5.19. The highest BCUT2D eigenvalue weighted by Crippen LogP contribution is 2.03. The average Bonchev–Trinajstić information content (AvgIpc) is 2.48. The van der Waals surface area contributed by atoms with E-state index in [0.717, 1.165) is 0 Å². The molecule has 1 saturated heterocycles. The van der Waals surface area contributed by atoms with Crippen molar-refractivity contribution in [1.29, 1.82) is 0 Å². The van der Waals surface area contributed by atoms with Crippen LogP contribution in [0.1, 0.15) is 12.1 Å². The van der Waals surface area contributed by atoms with Gasteiger partial charge in [-0.3, -0.25) is 4.79 Å². The summed E-state index contributed by atoms with van der Waals surface area (Å²) in [6.07, 6.45) is 1.97. The summed E-state index contributed by atoms with van der Waals surface area (Å²) in [7, 11) is 0. The lowest BCUT2D eigenvalue weighted by Crippen LogP contribution is -2.41. The number of morpholine rings is 1. The van der Waals surface area contributed by atoms with E-state index in [1.165, 1.54) is 0 Å². The van der Waals surface area contributed by atoms with Crippen LogP contribution in [-0.2, 0) is 9.53 Å². The normalized spacial score (nSPS) is 14.9. The molecule has 7 nitrogen and oxygen atoms in total. The van der Waals surface area contributed by atoms with Crippen LogP contribution in [0, 0.1) is 0 Å². The maximum absolute atomic E-state index is 11.9. The summed E-state index contributed by atoms with van der Waals surface area (Å²) in [6.45, 7) is 3.01. The van der Waals surface area contributed by atoms with Crippen LogP contribution in [0.25, 0.3) is 0 Å². The average molecular weight is 295 g/mol. The minimum absolute atomic E-state index is 0.103. The number of carbonyl (C=O) groups is 1. The lowest BCUT2D eigenvalue weighted by atomic mass is 10.3. The Hall–Kier alpha value is -1.80. The first-order valence-corrected chi connectivity index (χ1v) is 6.80. The topological polar surface area (TPSA) is 93.4 Å². The fourth-order valence-electron chi connectivity index (χ4n) is 1.83. The van der Waals surface area contributed by atoms with Crippen molar-refractivity contribution in [2.45, 2.75) is 6.42 Å². The van der Waals surface area contributed by atoms with Gasteiger partial charge in [0.05, 0.1) is 13.2 Å². The van der Waals surface area contributed by atoms with Gasteiger partial charge in [0, 0.05) is 32.3 Å². The predicted molar refractivity (Wildman–Crippen MR) is 78.4 cm³/mol. The van der Waals surface area contributed by atoms with E-state index in [1.54, 1.807) is 17.2 Å². The van der Waals surface area contributed by atoms with Gasteiger partial charge in [0.25, 0.3) is 0 Å². The summed E-state index contributed by atoms with van der Waals surface area (Å²) < 4.78 is 5.21. The molecule has 1 aliphatic rings. The van der Waals surface area contributed by atoms with Crippen molar-refractivity contribution in [2.75, 3.05) is 38.2 Å². The molecule has 1 fully saturated rings. The van der Waals surface area contributed by atoms with Crippen LogP contribution in [0.2, 0.25) is 0 Å². The minimum atomic E-state index is 0.103. The van der Waals surface area contributed by atoms with Crippen LogP contribution in [0.4, 0.5) is 5.95 Å². The van der Waals surface area contributed by atoms with E-state index < -0.39 is 0 Å². The Morgan fingerprint density at radius 3 is 2.95 bits per heavy atom. The fourth-order valence-corrected chi connectivity index (χ4v) is 1.95. The van der Waals surface area contributed by atoms with E-state index >= 15 is 0 Å². The van der Waals surface area contributed by atoms with Gasteiger partial charge in [-0.05, 0) is 6.07 Å². The highest BCUT2D eigenvalue weighted by Gasteiger charge is 2.16. The third kappa shape index (κ3) is 4.10. The van der Waals surface area contributed by atoms with Crippen molar-refractivity contribution in [3.63, 3.8) is 0 Å². The van der Waals surface area contributed by atoms with Gasteiger partial charge in [-0.1, -0.05) is 12.2 Å². The summed E-state index contributed by atoms with van der Waals surface area (Å²) in [5.41, 5.74) is 6.01. The number of aromatic nitrogens is 2. The molecule has 0 bridgehead atoms. The van der Waals surface area contributed by atoms with Gasteiger partial charge in [-0.25, -0.2) is 9.97 Å². The van der Waals surface area contributed by atoms with Crippen molar-refractivity contribution in [2.24, 2.45) is 5.73 Å². The quantitative estimate of drug-likeness (QED) is 0.725. The van der Waals surface area contributed by atoms with Gasteiger partial charge in [-0.2, -0.15) is 0 Å². The Morgan fingerprint density at radius 2 is 2.25 bits per heavy atom. The zero-order valence-electron chi connectivity index (χ0n) is 11.0. The maximum atomic E-state index is 11.9. The number of anilines is 1. The second-order valence-corrected chi connectivity index (χ2v) is 4.74. The van der Waals surface area contributed by atoms with Gasteiger partial charge in [0.2, 0.25) is 11.9 Å². The third-order valence-corrected chi connectivity index (χ3v) is 3.10. The Balaban J connectivity index is 1.79. The molecule has 0 radical (unpaired) electrons. The largest absolute Gasteiger partial charge is 0.388 e. The SMILES string of the molecule is NC(=S)c1ccnc(NCCC(=O)N2CCOCC2)n1. The number of rotatable bonds is 5. The number of thiocarbonyl (C=S) groups is 1. The third-order valence-electron chi connectivity index (χ3n) is 2.89. The van der Waals surface area contributed by atoms with Crippen molar-refractivity contribution in [1.82, 2.24) is 14.9 Å². The molecule has 3 N–H and O–H groups in total.